The van der Waals surface area contributed by atoms with E-state index in [1.807, 2.05) is 0 Å². The number of benzene rings is 8. The molecule has 8 aromatic carbocycles. The molecule has 0 heterocycles. The molecule has 8 aliphatic carbocycles. The third-order valence-corrected chi connectivity index (χ3v) is 27.4. The van der Waals surface area contributed by atoms with Crippen molar-refractivity contribution < 1.29 is 0 Å². The van der Waals surface area contributed by atoms with Crippen molar-refractivity contribution >= 4 is 0 Å². The SMILES string of the molecule is CC1(C)CCC(C)(C)c2cc3c(cc21)-c1cc2c(cc1C3C(c1ccccc1)(c1ccc(CCc3ccc(C(c4ccccc4)(C4C=CC=C4)C4c5cc6c(cc5-c5cc7c(cc54)C(C)(C)CCC7(C)C)C(C)(C)CCC6(C)C)cc3)cc1)C1C=CC=C1)C(C)(C)CCC2(C)C. The molecule has 0 radical (unpaired) electrons. The van der Waals surface area contributed by atoms with Gasteiger partial charge in [0.1, 0.15) is 0 Å². The summed E-state index contributed by atoms with van der Waals surface area (Å²) in [5.74, 6) is 0.406. The van der Waals surface area contributed by atoms with Crippen LogP contribution in [0.25, 0.3) is 22.3 Å². The monoisotopic (exact) mass is 1260 g/mol. The molecule has 0 heteroatoms. The number of hydrogen-bond acceptors (Lipinski definition) is 0. The van der Waals surface area contributed by atoms with Crippen molar-refractivity contribution in [3.8, 4) is 22.3 Å². The number of allylic oxidation sites excluding steroid dienone is 8. The summed E-state index contributed by atoms with van der Waals surface area (Å²) in [6.07, 6.45) is 30.9. The van der Waals surface area contributed by atoms with Crippen molar-refractivity contribution in [3.05, 3.63) is 306 Å². The van der Waals surface area contributed by atoms with E-state index in [-0.39, 0.29) is 67.0 Å². The predicted octanol–water partition coefficient (Wildman–Crippen LogP) is 24.5. The smallest absolute Gasteiger partial charge is 0.0409 e. The van der Waals surface area contributed by atoms with Crippen LogP contribution in [-0.2, 0) is 67.0 Å². The summed E-state index contributed by atoms with van der Waals surface area (Å²) in [5.41, 5.74) is 32.4. The van der Waals surface area contributed by atoms with Gasteiger partial charge in [-0.25, -0.2) is 0 Å². The molecule has 0 spiro atoms. The van der Waals surface area contributed by atoms with E-state index < -0.39 is 10.8 Å². The lowest BCUT2D eigenvalue weighted by Gasteiger charge is -2.47. The van der Waals surface area contributed by atoms with E-state index in [0.29, 0.717) is 0 Å². The molecule has 0 N–H and O–H groups in total. The topological polar surface area (TPSA) is 0 Å². The van der Waals surface area contributed by atoms with Crippen molar-refractivity contribution in [2.75, 3.05) is 0 Å². The van der Waals surface area contributed by atoms with Gasteiger partial charge >= 0.3 is 0 Å². The standard InChI is InChI=1S/C96H106/c1-87(2)45-49-91(9,10)81-57-73-69(53-77(81)87)70-54-78-82(92(11,12)50-46-88(78,3)4)58-74(70)85(73)95(65-31-23-24-32-65,63-27-19-17-20-28-63)67-41-37-61(38-42-67)35-36-62-39-43-68(44-40-62)96(66-33-25-26-34-66,64-29-21-18-22-30-64)86-75-59-83-79(89(5,6)47-51-93(83,13)14)55-71(75)72-56-80-84(60-76(72)86)94(15,16)52-48-90(80,7)8/h17-34,37-44,53-60,65-66,85-86H,35-36,45-52H2,1-16H3. The molecular weight excluding hydrogens is 1150 g/mol. The Morgan fingerprint density at radius 1 is 0.260 bits per heavy atom. The lowest BCUT2D eigenvalue weighted by atomic mass is 9.55. The van der Waals surface area contributed by atoms with Crippen molar-refractivity contribution in [1.29, 1.82) is 0 Å². The Hall–Kier alpha value is -7.28. The summed E-state index contributed by atoms with van der Waals surface area (Å²) < 4.78 is 0. The highest BCUT2D eigenvalue weighted by Gasteiger charge is 2.56. The maximum atomic E-state index is 2.75. The molecule has 0 saturated carbocycles. The van der Waals surface area contributed by atoms with Gasteiger partial charge in [-0.1, -0.05) is 317 Å². The van der Waals surface area contributed by atoms with E-state index in [2.05, 4.69) is 317 Å². The lowest BCUT2D eigenvalue weighted by molar-refractivity contribution is 0.330. The van der Waals surface area contributed by atoms with Crippen LogP contribution in [-0.4, -0.2) is 0 Å². The first kappa shape index (κ1) is 63.5. The van der Waals surface area contributed by atoms with Crippen LogP contribution in [0.4, 0.5) is 0 Å². The van der Waals surface area contributed by atoms with E-state index >= 15 is 0 Å². The van der Waals surface area contributed by atoms with Gasteiger partial charge in [-0.05, 0) is 230 Å². The first-order chi connectivity index (χ1) is 45.5. The number of rotatable bonds is 11. The number of aryl methyl sites for hydroxylation is 2. The summed E-state index contributed by atoms with van der Waals surface area (Å²) in [4.78, 5) is 0. The molecule has 0 saturated heterocycles. The predicted molar refractivity (Wildman–Crippen MR) is 407 cm³/mol. The Kier molecular flexibility index (Phi) is 14.3. The maximum absolute atomic E-state index is 2.75. The van der Waals surface area contributed by atoms with Crippen molar-refractivity contribution in [1.82, 2.24) is 0 Å². The average Bonchev–Trinajstić information content (AvgIpc) is 1.52. The molecule has 8 aromatic rings. The summed E-state index contributed by atoms with van der Waals surface area (Å²) in [6, 6.07) is 65.6. The fourth-order valence-corrected chi connectivity index (χ4v) is 21.0. The second-order valence-corrected chi connectivity index (χ2v) is 36.8. The third kappa shape index (κ3) is 9.45. The van der Waals surface area contributed by atoms with Crippen LogP contribution >= 0.6 is 0 Å². The quantitative estimate of drug-likeness (QED) is 0.121. The summed E-state index contributed by atoms with van der Waals surface area (Å²) >= 11 is 0. The molecule has 0 amide bonds. The molecule has 0 fully saturated rings. The molecule has 8 aliphatic rings. The van der Waals surface area contributed by atoms with E-state index in [1.54, 1.807) is 44.5 Å². The van der Waals surface area contributed by atoms with Gasteiger partial charge in [0.25, 0.3) is 0 Å². The Morgan fingerprint density at radius 2 is 0.469 bits per heavy atom. The molecule has 0 nitrogen and oxygen atoms in total. The van der Waals surface area contributed by atoms with Crippen LogP contribution in [0.5, 0.6) is 0 Å². The largest absolute Gasteiger partial charge is 0.0764 e. The molecule has 2 unspecified atom stereocenters. The number of fused-ring (bicyclic) bond motifs is 10. The van der Waals surface area contributed by atoms with Gasteiger partial charge in [0.2, 0.25) is 0 Å². The Balaban J connectivity index is 0.818. The van der Waals surface area contributed by atoms with Crippen molar-refractivity contribution in [2.24, 2.45) is 11.8 Å². The second kappa shape index (κ2) is 21.6. The first-order valence-corrected chi connectivity index (χ1v) is 37.3. The van der Waals surface area contributed by atoms with Gasteiger partial charge in [-0.2, -0.15) is 0 Å². The Labute approximate surface area is 578 Å². The minimum absolute atomic E-state index is 0.0706. The normalized spacial score (nSPS) is 22.6. The van der Waals surface area contributed by atoms with E-state index in [4.69, 9.17) is 0 Å². The van der Waals surface area contributed by atoms with Crippen LogP contribution in [0.3, 0.4) is 0 Å². The highest BCUT2D eigenvalue weighted by atomic mass is 14.6. The highest BCUT2D eigenvalue weighted by molar-refractivity contribution is 5.86. The van der Waals surface area contributed by atoms with Crippen LogP contribution in [0, 0.1) is 11.8 Å². The van der Waals surface area contributed by atoms with E-state index in [0.717, 1.165) is 12.8 Å². The molecule has 2 atom stereocenters. The fourth-order valence-electron chi connectivity index (χ4n) is 21.0. The van der Waals surface area contributed by atoms with Crippen LogP contribution in [0.1, 0.15) is 274 Å². The van der Waals surface area contributed by atoms with Gasteiger partial charge in [0.15, 0.2) is 0 Å². The van der Waals surface area contributed by atoms with Crippen molar-refractivity contribution in [3.63, 3.8) is 0 Å². The lowest BCUT2D eigenvalue weighted by Crippen LogP contribution is -2.41. The first-order valence-electron chi connectivity index (χ1n) is 37.3. The van der Waals surface area contributed by atoms with Gasteiger partial charge < -0.3 is 0 Å². The van der Waals surface area contributed by atoms with Crippen molar-refractivity contribution in [2.45, 2.75) is 241 Å². The minimum Gasteiger partial charge on any atom is -0.0764 e. The molecular formula is C96H106. The van der Waals surface area contributed by atoms with Gasteiger partial charge in [-0.15, -0.1) is 0 Å². The van der Waals surface area contributed by atoms with Crippen LogP contribution in [0.2, 0.25) is 0 Å². The van der Waals surface area contributed by atoms with E-state index in [1.165, 1.54) is 129 Å². The van der Waals surface area contributed by atoms with Gasteiger partial charge in [0, 0.05) is 34.5 Å². The fraction of sp³-hybridized carbons (Fsp3) is 0.417. The van der Waals surface area contributed by atoms with E-state index in [9.17, 15) is 0 Å². The average molecular weight is 1260 g/mol. The van der Waals surface area contributed by atoms with Gasteiger partial charge in [-0.3, -0.25) is 0 Å². The third-order valence-electron chi connectivity index (χ3n) is 27.4. The molecule has 0 bridgehead atoms. The molecule has 96 heavy (non-hydrogen) atoms. The Morgan fingerprint density at radius 3 is 0.698 bits per heavy atom. The molecule has 0 aromatic heterocycles. The zero-order chi connectivity index (χ0) is 67.1. The summed E-state index contributed by atoms with van der Waals surface area (Å²) in [6.45, 7) is 40.2. The minimum atomic E-state index is -0.447. The summed E-state index contributed by atoms with van der Waals surface area (Å²) in [7, 11) is 0. The van der Waals surface area contributed by atoms with Gasteiger partial charge in [0.05, 0.1) is 0 Å². The maximum Gasteiger partial charge on any atom is 0.0409 e. The molecule has 490 valence electrons. The van der Waals surface area contributed by atoms with Crippen LogP contribution < -0.4 is 0 Å². The second-order valence-electron chi connectivity index (χ2n) is 36.8. The summed E-state index contributed by atoms with van der Waals surface area (Å²) in [5, 5.41) is 0. The molecule has 16 rings (SSSR count). The zero-order valence-electron chi connectivity index (χ0n) is 61.0. The Bertz CT molecular complexity index is 4080. The molecule has 0 aliphatic heterocycles. The highest BCUT2D eigenvalue weighted by Crippen LogP contribution is 2.67. The van der Waals surface area contributed by atoms with Crippen LogP contribution in [0.15, 0.2) is 206 Å². The zero-order valence-corrected chi connectivity index (χ0v) is 61.0. The number of hydrogen-bond donors (Lipinski definition) is 0.